The summed E-state index contributed by atoms with van der Waals surface area (Å²) in [7, 11) is -4.82. The number of benzene rings is 2. The molecule has 0 fully saturated rings. The molecule has 31 heavy (non-hydrogen) atoms. The van der Waals surface area contributed by atoms with Crippen LogP contribution in [0.25, 0.3) is 0 Å². The highest BCUT2D eigenvalue weighted by molar-refractivity contribution is 7.87. The Balaban J connectivity index is 2.44. The van der Waals surface area contributed by atoms with Gasteiger partial charge in [-0.1, -0.05) is 40.9 Å². The fourth-order valence-electron chi connectivity index (χ4n) is 2.01. The van der Waals surface area contributed by atoms with Crippen LogP contribution in [0.3, 0.4) is 0 Å². The number of non-ortho nitro benzene ring substituents is 1. The summed E-state index contributed by atoms with van der Waals surface area (Å²) < 4.78 is 31.0. The second-order valence-corrected chi connectivity index (χ2v) is 9.20. The molecule has 0 aliphatic heterocycles. The number of halogens is 3. The van der Waals surface area contributed by atoms with Gasteiger partial charge in [-0.05, 0) is 18.2 Å². The minimum atomic E-state index is -4.82. The lowest BCUT2D eigenvalue weighted by Gasteiger charge is -2.13. The average molecular weight is 514 g/mol. The molecule has 0 saturated carbocycles. The molecule has 0 radical (unpaired) electrons. The summed E-state index contributed by atoms with van der Waals surface area (Å²) in [6.45, 7) is 0. The van der Waals surface area contributed by atoms with Crippen LogP contribution in [0.4, 0.5) is 11.4 Å². The molecule has 2 rings (SSSR count). The Hall–Kier alpha value is -3.00. The first-order valence-corrected chi connectivity index (χ1v) is 10.1. The number of nitro benzene ring substituents is 2. The lowest BCUT2D eigenvalue weighted by atomic mass is 10.2. The van der Waals surface area contributed by atoms with E-state index in [0.717, 1.165) is 42.5 Å². The number of nitro groups is 2. The van der Waals surface area contributed by atoms with Gasteiger partial charge >= 0.3 is 27.7 Å². The summed E-state index contributed by atoms with van der Waals surface area (Å²) >= 11 is 16.0. The molecule has 0 amide bonds. The van der Waals surface area contributed by atoms with Gasteiger partial charge in [0.2, 0.25) is 5.75 Å². The first-order chi connectivity index (χ1) is 14.2. The fraction of sp³-hybridized carbons (Fsp3) is 0.0667. The van der Waals surface area contributed by atoms with Crippen molar-refractivity contribution in [3.8, 4) is 5.75 Å². The summed E-state index contributed by atoms with van der Waals surface area (Å²) in [5.41, 5.74) is -2.20. The van der Waals surface area contributed by atoms with E-state index in [9.17, 15) is 38.2 Å². The Bertz CT molecular complexity index is 1180. The third-order valence-corrected chi connectivity index (χ3v) is 5.04. The third-order valence-electron chi connectivity index (χ3n) is 3.36. The predicted octanol–water partition coefficient (Wildman–Crippen LogP) is 3.32. The number of carbonyl (C=O) groups is 2. The van der Waals surface area contributed by atoms with E-state index in [1.54, 1.807) is 0 Å². The number of esters is 1. The first kappa shape index (κ1) is 24.3. The Labute approximate surface area is 187 Å². The Kier molecular flexibility index (Phi) is 7.06. The van der Waals surface area contributed by atoms with Crippen LogP contribution < -0.4 is 4.74 Å². The largest absolute Gasteiger partial charge is 0.415 e. The zero-order chi connectivity index (χ0) is 23.6. The minimum Gasteiger partial charge on any atom is -0.415 e. The van der Waals surface area contributed by atoms with Gasteiger partial charge in [-0.3, -0.25) is 20.2 Å². The van der Waals surface area contributed by atoms with E-state index in [2.05, 4.69) is 8.92 Å². The maximum Gasteiger partial charge on any atom is 0.364 e. The lowest BCUT2D eigenvalue weighted by Crippen LogP contribution is -2.26. The maximum atomic E-state index is 12.4. The molecule has 0 unspecified atom stereocenters. The van der Waals surface area contributed by atoms with Crippen LogP contribution in [0.1, 0.15) is 10.4 Å². The topological polar surface area (TPSA) is 173 Å². The van der Waals surface area contributed by atoms with E-state index in [1.165, 1.54) is 0 Å². The van der Waals surface area contributed by atoms with Crippen LogP contribution in [0.15, 0.2) is 47.4 Å². The molecule has 12 nitrogen and oxygen atoms in total. The van der Waals surface area contributed by atoms with Crippen molar-refractivity contribution in [3.63, 3.8) is 0 Å². The highest BCUT2D eigenvalue weighted by Gasteiger charge is 2.37. The summed E-state index contributed by atoms with van der Waals surface area (Å²) in [6, 6.07) is 5.99. The van der Waals surface area contributed by atoms with Crippen molar-refractivity contribution in [2.45, 2.75) is 8.69 Å². The number of hydrogen-bond acceptors (Lipinski definition) is 10. The van der Waals surface area contributed by atoms with Crippen molar-refractivity contribution < 1.29 is 36.8 Å². The third kappa shape index (κ3) is 5.79. The highest BCUT2D eigenvalue weighted by Crippen LogP contribution is 2.36. The Morgan fingerprint density at radius 2 is 1.52 bits per heavy atom. The van der Waals surface area contributed by atoms with Gasteiger partial charge in [0.15, 0.2) is 0 Å². The lowest BCUT2D eigenvalue weighted by molar-refractivity contribution is -0.385. The molecule has 0 heterocycles. The number of rotatable bonds is 6. The summed E-state index contributed by atoms with van der Waals surface area (Å²) in [4.78, 5) is 43.6. The monoisotopic (exact) mass is 512 g/mol. The fourth-order valence-corrected chi connectivity index (χ4v) is 2.98. The quantitative estimate of drug-likeness (QED) is 0.139. The van der Waals surface area contributed by atoms with E-state index in [1.807, 2.05) is 0 Å². The molecule has 0 spiro atoms. The molecule has 0 saturated heterocycles. The standard InChI is InChI=1S/C15H7Cl3N2O10S/c16-15(17,18)14(22)29-12-10(2-1-3-11(12)20(25)26)13(21)30-31(27,28)9-6-4-8(5-7-9)19(23)24/h1-7H. The number of alkyl halides is 3. The van der Waals surface area contributed by atoms with Crippen LogP contribution in [0.2, 0.25) is 0 Å². The smallest absolute Gasteiger partial charge is 0.364 e. The molecule has 0 atom stereocenters. The van der Waals surface area contributed by atoms with Crippen molar-refractivity contribution >= 4 is 68.2 Å². The van der Waals surface area contributed by atoms with Gasteiger partial charge in [-0.2, -0.15) is 8.42 Å². The second-order valence-electron chi connectivity index (χ2n) is 5.37. The van der Waals surface area contributed by atoms with E-state index < -0.39 is 63.3 Å². The van der Waals surface area contributed by atoms with Crippen LogP contribution in [-0.2, 0) is 19.1 Å². The van der Waals surface area contributed by atoms with Gasteiger partial charge in [0.05, 0.1) is 9.85 Å². The van der Waals surface area contributed by atoms with Crippen molar-refractivity contribution in [2.75, 3.05) is 0 Å². The minimum absolute atomic E-state index is 0.426. The van der Waals surface area contributed by atoms with Gasteiger partial charge in [-0.15, -0.1) is 0 Å². The Morgan fingerprint density at radius 1 is 0.935 bits per heavy atom. The normalized spacial score (nSPS) is 11.5. The van der Waals surface area contributed by atoms with E-state index in [4.69, 9.17) is 34.8 Å². The predicted molar refractivity (Wildman–Crippen MR) is 105 cm³/mol. The zero-order valence-electron chi connectivity index (χ0n) is 14.6. The van der Waals surface area contributed by atoms with Gasteiger partial charge < -0.3 is 8.92 Å². The summed E-state index contributed by atoms with van der Waals surface area (Å²) in [5.74, 6) is -4.30. The molecule has 0 aliphatic carbocycles. The number of nitrogens with zero attached hydrogens (tertiary/aromatic N) is 2. The molecular formula is C15H7Cl3N2O10S. The van der Waals surface area contributed by atoms with Crippen LogP contribution >= 0.6 is 34.8 Å². The second kappa shape index (κ2) is 9.01. The Morgan fingerprint density at radius 3 is 2.00 bits per heavy atom. The molecular weight excluding hydrogens is 507 g/mol. The van der Waals surface area contributed by atoms with E-state index in [0.29, 0.717) is 0 Å². The summed E-state index contributed by atoms with van der Waals surface area (Å²) in [6.07, 6.45) is 0. The van der Waals surface area contributed by atoms with Gasteiger partial charge in [-0.25, -0.2) is 9.59 Å². The van der Waals surface area contributed by atoms with E-state index >= 15 is 0 Å². The zero-order valence-corrected chi connectivity index (χ0v) is 17.6. The molecule has 0 aromatic heterocycles. The molecule has 164 valence electrons. The highest BCUT2D eigenvalue weighted by atomic mass is 35.6. The number of hydrogen-bond donors (Lipinski definition) is 0. The summed E-state index contributed by atoms with van der Waals surface area (Å²) in [5, 5.41) is 21.9. The van der Waals surface area contributed by atoms with Crippen LogP contribution in [0.5, 0.6) is 5.75 Å². The van der Waals surface area contributed by atoms with Crippen molar-refractivity contribution in [1.82, 2.24) is 0 Å². The molecule has 0 bridgehead atoms. The van der Waals surface area contributed by atoms with Gasteiger partial charge in [0.25, 0.3) is 9.48 Å². The number of ether oxygens (including phenoxy) is 1. The molecule has 2 aromatic carbocycles. The maximum absolute atomic E-state index is 12.4. The van der Waals surface area contributed by atoms with E-state index in [-0.39, 0.29) is 0 Å². The van der Waals surface area contributed by atoms with Crippen molar-refractivity contribution in [1.29, 1.82) is 0 Å². The van der Waals surface area contributed by atoms with Crippen molar-refractivity contribution in [3.05, 3.63) is 68.3 Å². The van der Waals surface area contributed by atoms with Crippen LogP contribution in [-0.4, -0.2) is 34.0 Å². The average Bonchev–Trinajstić information content (AvgIpc) is 2.66. The SMILES string of the molecule is O=C(OS(=O)(=O)c1ccc([N+](=O)[O-])cc1)c1cccc([N+](=O)[O-])c1OC(=O)C(Cl)(Cl)Cl. The molecule has 16 heteroatoms. The van der Waals surface area contributed by atoms with Gasteiger partial charge in [0, 0.05) is 18.2 Å². The van der Waals surface area contributed by atoms with Crippen molar-refractivity contribution in [2.24, 2.45) is 0 Å². The number of carbonyl (C=O) groups excluding carboxylic acids is 2. The van der Waals surface area contributed by atoms with Gasteiger partial charge in [0.1, 0.15) is 10.5 Å². The molecule has 2 aromatic rings. The molecule has 0 N–H and O–H groups in total. The first-order valence-electron chi connectivity index (χ1n) is 7.53. The number of para-hydroxylation sites is 1. The van der Waals surface area contributed by atoms with Crippen LogP contribution in [0, 0.1) is 20.2 Å². The molecule has 0 aliphatic rings.